The number of hydrogen-bond acceptors (Lipinski definition) is 5. The lowest BCUT2D eigenvalue weighted by Gasteiger charge is -2.11. The van der Waals surface area contributed by atoms with Gasteiger partial charge in [0.05, 0.1) is 18.1 Å². The van der Waals surface area contributed by atoms with Crippen LogP contribution in [0.3, 0.4) is 0 Å². The number of aromatic amines is 1. The van der Waals surface area contributed by atoms with Gasteiger partial charge in [-0.15, -0.1) is 5.10 Å². The average molecular weight is 310 g/mol. The monoisotopic (exact) mass is 310 g/mol. The van der Waals surface area contributed by atoms with E-state index >= 15 is 0 Å². The second-order valence-electron chi connectivity index (χ2n) is 4.52. The first kappa shape index (κ1) is 15.4. The molecule has 1 atom stereocenters. The van der Waals surface area contributed by atoms with Crippen LogP contribution in [0.2, 0.25) is 0 Å². The third-order valence-electron chi connectivity index (χ3n) is 2.84. The van der Waals surface area contributed by atoms with Crippen LogP contribution in [0.5, 0.6) is 0 Å². The van der Waals surface area contributed by atoms with Crippen molar-refractivity contribution in [3.63, 3.8) is 0 Å². The summed E-state index contributed by atoms with van der Waals surface area (Å²) in [6.07, 6.45) is 2.39. The Morgan fingerprint density at radius 2 is 2.43 bits per heavy atom. The number of rotatable bonds is 7. The van der Waals surface area contributed by atoms with Crippen molar-refractivity contribution in [2.24, 2.45) is 0 Å². The first-order chi connectivity index (χ1) is 10.1. The molecule has 0 spiro atoms. The Morgan fingerprint density at radius 3 is 3.10 bits per heavy atom. The third kappa shape index (κ3) is 4.01. The van der Waals surface area contributed by atoms with Crippen LogP contribution in [0.4, 0.5) is 0 Å². The standard InChI is InChI=1S/C13H18N4O3S/c1-3-6-17-12(19)15-16-13(17)21-9(2)11(18)14-8-10-5-4-7-20-10/h4-5,7,9H,3,6,8H2,1-2H3,(H,14,18)(H,15,19)/t9-/m0/s1. The van der Waals surface area contributed by atoms with E-state index in [9.17, 15) is 9.59 Å². The molecule has 2 heterocycles. The van der Waals surface area contributed by atoms with Gasteiger partial charge in [-0.3, -0.25) is 9.36 Å². The smallest absolute Gasteiger partial charge is 0.343 e. The number of amides is 1. The number of carbonyl (C=O) groups excluding carboxylic acids is 1. The van der Waals surface area contributed by atoms with Crippen molar-refractivity contribution in [3.8, 4) is 0 Å². The van der Waals surface area contributed by atoms with Gasteiger partial charge in [0.2, 0.25) is 5.91 Å². The van der Waals surface area contributed by atoms with Gasteiger partial charge in [0.25, 0.3) is 0 Å². The highest BCUT2D eigenvalue weighted by molar-refractivity contribution is 8.00. The number of furan rings is 1. The predicted octanol–water partition coefficient (Wildman–Crippen LogP) is 1.37. The van der Waals surface area contributed by atoms with E-state index in [-0.39, 0.29) is 16.8 Å². The van der Waals surface area contributed by atoms with E-state index in [0.29, 0.717) is 24.0 Å². The number of H-pyrrole nitrogens is 1. The highest BCUT2D eigenvalue weighted by Crippen LogP contribution is 2.20. The molecule has 0 saturated carbocycles. The molecule has 114 valence electrons. The number of hydrogen-bond donors (Lipinski definition) is 2. The maximum atomic E-state index is 12.0. The Balaban J connectivity index is 1.92. The second kappa shape index (κ2) is 7.16. The van der Waals surface area contributed by atoms with E-state index in [4.69, 9.17) is 4.42 Å². The minimum atomic E-state index is -0.356. The summed E-state index contributed by atoms with van der Waals surface area (Å²) in [6, 6.07) is 3.57. The largest absolute Gasteiger partial charge is 0.467 e. The van der Waals surface area contributed by atoms with E-state index in [1.165, 1.54) is 11.8 Å². The zero-order chi connectivity index (χ0) is 15.2. The van der Waals surface area contributed by atoms with Crippen molar-refractivity contribution in [2.45, 2.75) is 43.8 Å². The van der Waals surface area contributed by atoms with Crippen LogP contribution in [-0.2, 0) is 17.9 Å². The highest BCUT2D eigenvalue weighted by atomic mass is 32.2. The molecule has 2 aromatic rings. The van der Waals surface area contributed by atoms with Crippen molar-refractivity contribution in [2.75, 3.05) is 0 Å². The highest BCUT2D eigenvalue weighted by Gasteiger charge is 2.18. The number of nitrogens with zero attached hydrogens (tertiary/aromatic N) is 2. The molecule has 0 aliphatic carbocycles. The van der Waals surface area contributed by atoms with Crippen molar-refractivity contribution in [1.82, 2.24) is 20.1 Å². The van der Waals surface area contributed by atoms with E-state index in [2.05, 4.69) is 15.5 Å². The van der Waals surface area contributed by atoms with E-state index in [0.717, 1.165) is 6.42 Å². The van der Waals surface area contributed by atoms with Crippen LogP contribution in [0.1, 0.15) is 26.0 Å². The molecule has 2 rings (SSSR count). The molecule has 2 N–H and O–H groups in total. The van der Waals surface area contributed by atoms with Crippen LogP contribution in [0.15, 0.2) is 32.8 Å². The molecule has 0 aliphatic heterocycles. The molecule has 7 nitrogen and oxygen atoms in total. The summed E-state index contributed by atoms with van der Waals surface area (Å²) in [4.78, 5) is 23.6. The summed E-state index contributed by atoms with van der Waals surface area (Å²) in [5, 5.41) is 9.33. The summed E-state index contributed by atoms with van der Waals surface area (Å²) in [5.41, 5.74) is -0.248. The summed E-state index contributed by atoms with van der Waals surface area (Å²) in [7, 11) is 0. The van der Waals surface area contributed by atoms with Crippen molar-refractivity contribution in [1.29, 1.82) is 0 Å². The molecular formula is C13H18N4O3S. The van der Waals surface area contributed by atoms with E-state index in [1.807, 2.05) is 6.92 Å². The molecule has 8 heteroatoms. The van der Waals surface area contributed by atoms with Gasteiger partial charge in [-0.25, -0.2) is 9.89 Å². The summed E-state index contributed by atoms with van der Waals surface area (Å²) < 4.78 is 6.69. The third-order valence-corrected chi connectivity index (χ3v) is 3.93. The van der Waals surface area contributed by atoms with Crippen molar-refractivity contribution < 1.29 is 9.21 Å². The van der Waals surface area contributed by atoms with Gasteiger partial charge in [-0.1, -0.05) is 18.7 Å². The van der Waals surface area contributed by atoms with Gasteiger partial charge in [0.1, 0.15) is 5.76 Å². The number of carbonyl (C=O) groups is 1. The Morgan fingerprint density at radius 1 is 1.62 bits per heavy atom. The second-order valence-corrected chi connectivity index (χ2v) is 5.83. The maximum absolute atomic E-state index is 12.0. The van der Waals surface area contributed by atoms with Crippen LogP contribution in [-0.4, -0.2) is 25.9 Å². The lowest BCUT2D eigenvalue weighted by atomic mass is 10.4. The molecule has 0 bridgehead atoms. The van der Waals surface area contributed by atoms with E-state index < -0.39 is 0 Å². The minimum Gasteiger partial charge on any atom is -0.467 e. The molecule has 0 radical (unpaired) electrons. The molecule has 0 aliphatic rings. The van der Waals surface area contributed by atoms with Gasteiger partial charge >= 0.3 is 5.69 Å². The molecular weight excluding hydrogens is 292 g/mol. The minimum absolute atomic E-state index is 0.130. The summed E-state index contributed by atoms with van der Waals surface area (Å²) in [6.45, 7) is 4.68. The van der Waals surface area contributed by atoms with Gasteiger partial charge in [-0.05, 0) is 25.5 Å². The van der Waals surface area contributed by atoms with Gasteiger partial charge in [-0.2, -0.15) is 0 Å². The Bertz CT molecular complexity index is 632. The molecule has 2 aromatic heterocycles. The normalized spacial score (nSPS) is 12.3. The lowest BCUT2D eigenvalue weighted by Crippen LogP contribution is -2.30. The van der Waals surface area contributed by atoms with Gasteiger partial charge < -0.3 is 9.73 Å². The topological polar surface area (TPSA) is 92.9 Å². The Labute approximate surface area is 126 Å². The summed E-state index contributed by atoms with van der Waals surface area (Å²) in [5.74, 6) is 0.568. The molecule has 0 saturated heterocycles. The maximum Gasteiger partial charge on any atom is 0.343 e. The van der Waals surface area contributed by atoms with Crippen LogP contribution in [0, 0.1) is 0 Å². The fourth-order valence-corrected chi connectivity index (χ4v) is 2.66. The van der Waals surface area contributed by atoms with Crippen molar-refractivity contribution >= 4 is 17.7 Å². The molecule has 0 aromatic carbocycles. The van der Waals surface area contributed by atoms with Gasteiger partial charge in [0, 0.05) is 6.54 Å². The zero-order valence-corrected chi connectivity index (χ0v) is 12.8. The van der Waals surface area contributed by atoms with Crippen LogP contribution in [0.25, 0.3) is 0 Å². The average Bonchev–Trinajstić information content (AvgIpc) is 3.09. The first-order valence-electron chi connectivity index (χ1n) is 6.73. The predicted molar refractivity (Wildman–Crippen MR) is 79.0 cm³/mol. The number of nitrogens with one attached hydrogen (secondary N) is 2. The Hall–Kier alpha value is -1.96. The molecule has 21 heavy (non-hydrogen) atoms. The number of thioether (sulfide) groups is 1. The molecule has 0 unspecified atom stereocenters. The molecule has 0 fully saturated rings. The van der Waals surface area contributed by atoms with Crippen molar-refractivity contribution in [3.05, 3.63) is 34.6 Å². The Kier molecular flexibility index (Phi) is 5.26. The fourth-order valence-electron chi connectivity index (χ4n) is 1.76. The number of aromatic nitrogens is 3. The quantitative estimate of drug-likeness (QED) is 0.753. The molecule has 1 amide bonds. The van der Waals surface area contributed by atoms with Gasteiger partial charge in [0.15, 0.2) is 5.16 Å². The fraction of sp³-hybridized carbons (Fsp3) is 0.462. The summed E-state index contributed by atoms with van der Waals surface area (Å²) >= 11 is 1.25. The first-order valence-corrected chi connectivity index (χ1v) is 7.61. The van der Waals surface area contributed by atoms with Crippen LogP contribution < -0.4 is 11.0 Å². The van der Waals surface area contributed by atoms with Crippen LogP contribution >= 0.6 is 11.8 Å². The SMILES string of the molecule is CCCn1c(S[C@@H](C)C(=O)NCc2ccco2)n[nH]c1=O. The zero-order valence-electron chi connectivity index (χ0n) is 12.0. The van der Waals surface area contributed by atoms with E-state index in [1.54, 1.807) is 29.9 Å². The lowest BCUT2D eigenvalue weighted by molar-refractivity contribution is -0.120.